The maximum absolute atomic E-state index is 11.0. The summed E-state index contributed by atoms with van der Waals surface area (Å²) in [6.07, 6.45) is 2.57. The Hall–Kier alpha value is -1.70. The van der Waals surface area contributed by atoms with Crippen molar-refractivity contribution in [3.05, 3.63) is 50.6 Å². The molecule has 19 heavy (non-hydrogen) atoms. The Morgan fingerprint density at radius 2 is 1.11 bits per heavy atom. The first kappa shape index (κ1) is 17.3. The summed E-state index contributed by atoms with van der Waals surface area (Å²) in [5, 5.41) is 0. The van der Waals surface area contributed by atoms with Gasteiger partial charge in [-0.3, -0.25) is 0 Å². The minimum Gasteiger partial charge on any atom is -0.355 e. The molecule has 0 aliphatic heterocycles. The zero-order valence-corrected chi connectivity index (χ0v) is 11.8. The molecule has 0 spiro atoms. The number of rotatable bonds is 8. The molecule has 0 bridgehead atoms. The van der Waals surface area contributed by atoms with Gasteiger partial charge in [0.2, 0.25) is 20.6 Å². The molecule has 0 saturated heterocycles. The SMILES string of the molecule is C=CC(C(C=C)OC(C=C)C(C=C)=S(=O)=O)=S(=O)=O. The van der Waals surface area contributed by atoms with E-state index in [0.717, 1.165) is 12.2 Å². The first-order chi connectivity index (χ1) is 8.92. The molecule has 0 N–H and O–H groups in total. The average molecular weight is 302 g/mol. The molecular weight excluding hydrogens is 288 g/mol. The second-order valence-corrected chi connectivity index (χ2v) is 5.01. The van der Waals surface area contributed by atoms with Crippen molar-refractivity contribution in [1.29, 1.82) is 0 Å². The largest absolute Gasteiger partial charge is 0.355 e. The molecule has 7 heteroatoms. The summed E-state index contributed by atoms with van der Waals surface area (Å²) in [7, 11) is -5.10. The van der Waals surface area contributed by atoms with E-state index in [1.807, 2.05) is 0 Å². The van der Waals surface area contributed by atoms with E-state index in [0.29, 0.717) is 0 Å². The van der Waals surface area contributed by atoms with Crippen LogP contribution in [0.25, 0.3) is 0 Å². The van der Waals surface area contributed by atoms with Gasteiger partial charge in [0, 0.05) is 0 Å². The minimum atomic E-state index is -2.55. The lowest BCUT2D eigenvalue weighted by atomic mass is 10.2. The molecule has 0 fully saturated rings. The van der Waals surface area contributed by atoms with Crippen LogP contribution >= 0.6 is 0 Å². The normalized spacial score (nSPS) is 12.6. The highest BCUT2D eigenvalue weighted by Crippen LogP contribution is 2.06. The van der Waals surface area contributed by atoms with E-state index in [1.54, 1.807) is 0 Å². The number of hydrogen-bond donors (Lipinski definition) is 0. The highest BCUT2D eigenvalue weighted by atomic mass is 32.2. The third-order valence-electron chi connectivity index (χ3n) is 2.07. The minimum absolute atomic E-state index is 0.151. The van der Waals surface area contributed by atoms with Crippen LogP contribution in [0.4, 0.5) is 0 Å². The van der Waals surface area contributed by atoms with E-state index < -0.39 is 32.8 Å². The van der Waals surface area contributed by atoms with Crippen molar-refractivity contribution < 1.29 is 21.6 Å². The van der Waals surface area contributed by atoms with Crippen molar-refractivity contribution in [3.63, 3.8) is 0 Å². The Morgan fingerprint density at radius 1 is 0.789 bits per heavy atom. The monoisotopic (exact) mass is 302 g/mol. The van der Waals surface area contributed by atoms with Crippen molar-refractivity contribution >= 4 is 30.3 Å². The van der Waals surface area contributed by atoms with Crippen molar-refractivity contribution in [3.8, 4) is 0 Å². The van der Waals surface area contributed by atoms with Gasteiger partial charge in [0.25, 0.3) is 0 Å². The third kappa shape index (κ3) is 4.82. The van der Waals surface area contributed by atoms with Gasteiger partial charge in [-0.1, -0.05) is 25.3 Å². The molecule has 0 rings (SSSR count). The van der Waals surface area contributed by atoms with Crippen LogP contribution in [0.3, 0.4) is 0 Å². The van der Waals surface area contributed by atoms with E-state index in [4.69, 9.17) is 4.74 Å². The van der Waals surface area contributed by atoms with E-state index in [9.17, 15) is 16.8 Å². The lowest BCUT2D eigenvalue weighted by molar-refractivity contribution is 0.123. The molecule has 0 amide bonds. The summed E-state index contributed by atoms with van der Waals surface area (Å²) in [6.45, 7) is 13.6. The zero-order valence-electron chi connectivity index (χ0n) is 10.2. The number of hydrogen-bond acceptors (Lipinski definition) is 5. The van der Waals surface area contributed by atoms with Crippen LogP contribution in [0.2, 0.25) is 0 Å². The smallest absolute Gasteiger partial charge is 0.220 e. The van der Waals surface area contributed by atoms with E-state index in [1.165, 1.54) is 12.2 Å². The predicted molar refractivity (Wildman–Crippen MR) is 77.3 cm³/mol. The highest BCUT2D eigenvalue weighted by Gasteiger charge is 2.20. The van der Waals surface area contributed by atoms with Crippen LogP contribution in [-0.2, 0) is 25.3 Å². The highest BCUT2D eigenvalue weighted by molar-refractivity contribution is 7.73. The van der Waals surface area contributed by atoms with Crippen LogP contribution in [-0.4, -0.2) is 38.8 Å². The third-order valence-corrected chi connectivity index (χ3v) is 3.64. The Bertz CT molecular complexity index is 576. The van der Waals surface area contributed by atoms with Gasteiger partial charge in [-0.25, -0.2) is 0 Å². The maximum atomic E-state index is 11.0. The molecule has 0 aromatic rings. The van der Waals surface area contributed by atoms with Crippen LogP contribution in [0.5, 0.6) is 0 Å². The summed E-state index contributed by atoms with van der Waals surface area (Å²) in [4.78, 5) is -0.302. The molecule has 5 nitrogen and oxygen atoms in total. The van der Waals surface area contributed by atoms with Gasteiger partial charge in [-0.15, -0.1) is 13.2 Å². The summed E-state index contributed by atoms with van der Waals surface area (Å²) in [6, 6.07) is 0. The molecule has 0 aliphatic rings. The summed E-state index contributed by atoms with van der Waals surface area (Å²) in [5.41, 5.74) is 0. The van der Waals surface area contributed by atoms with Gasteiger partial charge in [-0.05, 0) is 12.2 Å². The lowest BCUT2D eigenvalue weighted by Crippen LogP contribution is -2.31. The average Bonchev–Trinajstić information content (AvgIpc) is 2.36. The van der Waals surface area contributed by atoms with Crippen LogP contribution in [0.15, 0.2) is 50.6 Å². The maximum Gasteiger partial charge on any atom is 0.220 e. The van der Waals surface area contributed by atoms with Crippen LogP contribution in [0.1, 0.15) is 0 Å². The topological polar surface area (TPSA) is 77.5 Å². The predicted octanol–water partition coefficient (Wildman–Crippen LogP) is 0.587. The zero-order chi connectivity index (χ0) is 15.0. The number of ether oxygens (including phenoxy) is 1. The van der Waals surface area contributed by atoms with E-state index >= 15 is 0 Å². The fourth-order valence-corrected chi connectivity index (χ4v) is 2.15. The molecular formula is C12H14O5S2. The van der Waals surface area contributed by atoms with Gasteiger partial charge >= 0.3 is 0 Å². The van der Waals surface area contributed by atoms with Crippen molar-refractivity contribution in [2.75, 3.05) is 0 Å². The molecule has 0 saturated carbocycles. The van der Waals surface area contributed by atoms with Gasteiger partial charge in [-0.2, -0.15) is 16.8 Å². The van der Waals surface area contributed by atoms with E-state index in [-0.39, 0.29) is 9.73 Å². The molecule has 0 radical (unpaired) electrons. The Morgan fingerprint density at radius 3 is 1.26 bits per heavy atom. The summed E-state index contributed by atoms with van der Waals surface area (Å²) < 4.78 is 49.2. The standard InChI is InChI=1S/C12H14O5S2/c1-5-9(11(7-3)18(13)14)17-10(6-2)12(8-4)19(15)16/h5-10H,1-4H2. The van der Waals surface area contributed by atoms with Crippen molar-refractivity contribution in [1.82, 2.24) is 0 Å². The van der Waals surface area contributed by atoms with Gasteiger partial charge in [0.05, 0.1) is 0 Å². The lowest BCUT2D eigenvalue weighted by Gasteiger charge is -2.18. The van der Waals surface area contributed by atoms with Crippen LogP contribution in [0, 0.1) is 0 Å². The molecule has 104 valence electrons. The van der Waals surface area contributed by atoms with Crippen molar-refractivity contribution in [2.45, 2.75) is 12.2 Å². The molecule has 2 atom stereocenters. The Balaban J connectivity index is 5.62. The summed E-state index contributed by atoms with van der Waals surface area (Å²) in [5.74, 6) is 0. The van der Waals surface area contributed by atoms with Crippen molar-refractivity contribution in [2.24, 2.45) is 0 Å². The van der Waals surface area contributed by atoms with Gasteiger partial charge in [0.15, 0.2) is 0 Å². The van der Waals surface area contributed by atoms with Gasteiger partial charge in [0.1, 0.15) is 21.9 Å². The first-order valence-corrected chi connectivity index (χ1v) is 7.15. The van der Waals surface area contributed by atoms with Gasteiger partial charge < -0.3 is 4.74 Å². The molecule has 0 aromatic heterocycles. The quantitative estimate of drug-likeness (QED) is 0.372. The fourth-order valence-electron chi connectivity index (χ4n) is 1.19. The molecule has 2 unspecified atom stereocenters. The molecule has 0 aliphatic carbocycles. The Kier molecular flexibility index (Phi) is 7.66. The molecule has 0 heterocycles. The second-order valence-electron chi connectivity index (χ2n) is 3.13. The first-order valence-electron chi connectivity index (χ1n) is 5.00. The van der Waals surface area contributed by atoms with Crippen LogP contribution < -0.4 is 0 Å². The Labute approximate surface area is 115 Å². The second kappa shape index (κ2) is 8.41. The summed E-state index contributed by atoms with van der Waals surface area (Å²) >= 11 is 0. The molecule has 0 aromatic carbocycles. The van der Waals surface area contributed by atoms with E-state index in [2.05, 4.69) is 26.3 Å². The fraction of sp³-hybridized carbons (Fsp3) is 0.167.